The normalized spacial score (nSPS) is 16.7. The summed E-state index contributed by atoms with van der Waals surface area (Å²) in [5.74, 6) is -2.71. The summed E-state index contributed by atoms with van der Waals surface area (Å²) >= 11 is 25.1. The lowest BCUT2D eigenvalue weighted by Gasteiger charge is -2.35. The molecule has 2 atom stereocenters. The number of carbonyl (C=O) groups excluding carboxylic acids is 5. The fourth-order valence-corrected chi connectivity index (χ4v) is 18.8. The van der Waals surface area contributed by atoms with Crippen LogP contribution in [0.25, 0.3) is 0 Å². The highest BCUT2D eigenvalue weighted by Crippen LogP contribution is 2.36. The molecule has 0 bridgehead atoms. The van der Waals surface area contributed by atoms with E-state index in [0.29, 0.717) is 103 Å². The van der Waals surface area contributed by atoms with Crippen molar-refractivity contribution in [2.45, 2.75) is 213 Å². The summed E-state index contributed by atoms with van der Waals surface area (Å²) in [6, 6.07) is 34.2. The van der Waals surface area contributed by atoms with Gasteiger partial charge in [0, 0.05) is 167 Å². The monoisotopic (exact) mass is 2170 g/mol. The number of hydrogen-bond donors (Lipinski definition) is 5. The molecule has 808 valence electrons. The second-order valence-corrected chi connectivity index (χ2v) is 39.7. The average molecular weight is 2170 g/mol. The first-order chi connectivity index (χ1) is 70.2. The fourth-order valence-electron chi connectivity index (χ4n) is 18.0. The van der Waals surface area contributed by atoms with E-state index >= 15 is 0 Å². The van der Waals surface area contributed by atoms with Gasteiger partial charge in [-0.05, 0) is 214 Å². The van der Waals surface area contributed by atoms with E-state index in [0.717, 1.165) is 180 Å². The van der Waals surface area contributed by atoms with Crippen molar-refractivity contribution < 1.29 is 94.2 Å². The second kappa shape index (κ2) is 55.4. The lowest BCUT2D eigenvalue weighted by atomic mass is 10.0. The van der Waals surface area contributed by atoms with Crippen LogP contribution < -0.4 is 0 Å². The van der Waals surface area contributed by atoms with E-state index in [9.17, 15) is 94.2 Å². The van der Waals surface area contributed by atoms with Gasteiger partial charge < -0.3 is 44.1 Å². The Morgan fingerprint density at radius 3 is 0.919 bits per heavy atom. The van der Waals surface area contributed by atoms with Gasteiger partial charge in [0.1, 0.15) is 34.3 Å². The first-order valence-corrected chi connectivity index (χ1v) is 51.2. The summed E-state index contributed by atoms with van der Waals surface area (Å²) < 4.78 is 208. The number of halogens is 20. The highest BCUT2D eigenvalue weighted by Gasteiger charge is 2.41. The maximum Gasteiger partial charge on any atom is 0.432 e. The number of alkyl halides is 15. The lowest BCUT2D eigenvalue weighted by molar-refractivity contribution is -0.142. The molecule has 5 aromatic heterocycles. The number of H-pyrrole nitrogens is 5. The molecule has 5 fully saturated rings. The Morgan fingerprint density at radius 2 is 0.595 bits per heavy atom. The molecule has 45 heteroatoms. The molecular weight excluding hydrogens is 2040 g/mol. The van der Waals surface area contributed by atoms with Gasteiger partial charge in [0.2, 0.25) is 0 Å². The topological polar surface area (TPSA) is 261 Å². The Morgan fingerprint density at radius 1 is 0.311 bits per heavy atom. The smallest absolute Gasteiger partial charge is 0.332 e. The van der Waals surface area contributed by atoms with Crippen LogP contribution in [0.5, 0.6) is 0 Å². The quantitative estimate of drug-likeness (QED) is 0.0262. The summed E-state index contributed by atoms with van der Waals surface area (Å²) in [5.41, 5.74) is -0.530. The first-order valence-electron chi connectivity index (χ1n) is 49.7. The summed E-state index contributed by atoms with van der Waals surface area (Å²) in [7, 11) is 0. The summed E-state index contributed by atoms with van der Waals surface area (Å²) in [6.07, 6.45) is -3.49. The Balaban J connectivity index is 0.000000176. The number of benzene rings is 5. The standard InChI is InChI=1S/2C21H26ClF3N4O.C21H26F4N4O.2C20H24ClF3N4O/c1-15-6-7-17(22)16(12-15)14-29(11-10-28-8-4-2-3-5-9-28)20(30)18-13-19(27-26-18)21(23,24)25;2*1-15-6-7-16(17(22)12-15)14-29(11-10-28-8-4-2-3-5-9-28)20(30)18-13-19(27-26-18)21(23,24)25;1-14-6-4-5-9-27(14)10-11-28(13-15-7-2-3-8-16(15)21)19(29)17-12-18(26-25-17)20(22,23)24;1-14-5-4-8-27(12-14)9-10-28(13-15-6-2-3-7-16(15)21)19(29)17-11-18(26-25-17)20(22,23)24/h3*6-7,12-13H,2-5,8-11,14H2,1H3,(H,26,27);2-3,7-8,12,14H,4-6,9-11,13H2,1H3,(H,25,26);2-3,6-7,11,14H,4-5,8-10,12-13H2,1H3,(H,25,26). The van der Waals surface area contributed by atoms with Crippen molar-refractivity contribution in [3.05, 3.63) is 261 Å². The minimum Gasteiger partial charge on any atom is -0.332 e. The largest absolute Gasteiger partial charge is 0.432 e. The summed E-state index contributed by atoms with van der Waals surface area (Å²) in [5, 5.41) is 29.6. The third-order valence-electron chi connectivity index (χ3n) is 26.5. The van der Waals surface area contributed by atoms with E-state index in [4.69, 9.17) is 46.4 Å². The molecule has 2 unspecified atom stereocenters. The van der Waals surface area contributed by atoms with Crippen molar-refractivity contribution in [3.8, 4) is 0 Å². The highest BCUT2D eigenvalue weighted by atomic mass is 35.5. The van der Waals surface area contributed by atoms with Gasteiger partial charge in [-0.3, -0.25) is 54.4 Å². The van der Waals surface area contributed by atoms with Crippen LogP contribution in [0.15, 0.2) is 133 Å². The van der Waals surface area contributed by atoms with E-state index in [2.05, 4.69) is 63.8 Å². The number of aryl methyl sites for hydroxylation is 3. The molecule has 15 rings (SSSR count). The molecule has 5 aliphatic rings. The fraction of sp³-hybridized carbons (Fsp3) is 0.515. The predicted molar refractivity (Wildman–Crippen MR) is 533 cm³/mol. The molecule has 25 nitrogen and oxygen atoms in total. The predicted octanol–water partition coefficient (Wildman–Crippen LogP) is 23.3. The van der Waals surface area contributed by atoms with Crippen molar-refractivity contribution in [2.75, 3.05) is 124 Å². The zero-order chi connectivity index (χ0) is 107. The van der Waals surface area contributed by atoms with Gasteiger partial charge in [-0.2, -0.15) is 91.3 Å². The summed E-state index contributed by atoms with van der Waals surface area (Å²) in [4.78, 5) is 83.8. The number of rotatable bonds is 30. The van der Waals surface area contributed by atoms with Crippen LogP contribution in [0.2, 0.25) is 20.1 Å². The number of amides is 5. The SMILES string of the molecule is CC1CCCCN1CCN(Cc1ccccc1Cl)C(=O)c1cc(C(F)(F)F)[nH]n1.CC1CCCN(CCN(Cc2ccccc2Cl)C(=O)c2cc(C(F)(F)F)[nH]n2)C1.Cc1ccc(CN(CCN2CCCCCC2)C(=O)c2cc(C(F)(F)F)[nH]n2)c(Cl)c1.Cc1ccc(CN(CCN2CCCCCC2)C(=O)c2cc(C(F)(F)F)[nH]n2)c(F)c1.Cc1ccc(Cl)c(CN(CCN2CCCCCC2)C(=O)c2cc(C(F)(F)F)[nH]n2)c1. The van der Waals surface area contributed by atoms with E-state index in [1.807, 2.05) is 81.8 Å². The van der Waals surface area contributed by atoms with Crippen molar-refractivity contribution in [2.24, 2.45) is 5.92 Å². The van der Waals surface area contributed by atoms with Crippen LogP contribution in [0, 0.1) is 32.5 Å². The number of carbonyl (C=O) groups is 5. The maximum absolute atomic E-state index is 14.4. The van der Waals surface area contributed by atoms with Crippen molar-refractivity contribution in [1.82, 2.24) is 100.0 Å². The van der Waals surface area contributed by atoms with Crippen molar-refractivity contribution >= 4 is 75.9 Å². The molecule has 0 aliphatic carbocycles. The van der Waals surface area contributed by atoms with Gasteiger partial charge in [0.05, 0.1) is 0 Å². The van der Waals surface area contributed by atoms with E-state index in [-0.39, 0.29) is 67.7 Å². The minimum absolute atomic E-state index is 0.0347. The van der Waals surface area contributed by atoms with Crippen LogP contribution in [0.1, 0.15) is 248 Å². The van der Waals surface area contributed by atoms with Crippen LogP contribution >= 0.6 is 46.4 Å². The Kier molecular flexibility index (Phi) is 44.0. The molecule has 5 aliphatic heterocycles. The number of aromatic nitrogens is 10. The second-order valence-electron chi connectivity index (χ2n) is 38.1. The molecule has 0 saturated carbocycles. The molecule has 0 spiro atoms. The molecule has 5 aromatic carbocycles. The van der Waals surface area contributed by atoms with Gasteiger partial charge in [-0.15, -0.1) is 0 Å². The van der Waals surface area contributed by atoms with Crippen LogP contribution in [-0.4, -0.2) is 260 Å². The highest BCUT2D eigenvalue weighted by molar-refractivity contribution is 6.32. The summed E-state index contributed by atoms with van der Waals surface area (Å²) in [6.45, 7) is 24.3. The number of aromatic amines is 5. The zero-order valence-corrected chi connectivity index (χ0v) is 86.2. The van der Waals surface area contributed by atoms with Gasteiger partial charge in [0.15, 0.2) is 28.5 Å². The van der Waals surface area contributed by atoms with Crippen LogP contribution in [-0.2, 0) is 63.6 Å². The van der Waals surface area contributed by atoms with Crippen LogP contribution in [0.4, 0.5) is 70.2 Å². The van der Waals surface area contributed by atoms with Gasteiger partial charge >= 0.3 is 30.9 Å². The number of piperidine rings is 2. The van der Waals surface area contributed by atoms with Gasteiger partial charge in [-0.25, -0.2) is 4.39 Å². The lowest BCUT2D eigenvalue weighted by Crippen LogP contribution is -2.44. The van der Waals surface area contributed by atoms with E-state index in [1.165, 1.54) is 81.9 Å². The molecule has 5 N–H and O–H groups in total. The van der Waals surface area contributed by atoms with Crippen molar-refractivity contribution in [1.29, 1.82) is 0 Å². The third kappa shape index (κ3) is 36.6. The van der Waals surface area contributed by atoms with E-state index in [1.54, 1.807) is 61.5 Å². The number of likely N-dealkylation sites (tertiary alicyclic amines) is 5. The zero-order valence-electron chi connectivity index (χ0n) is 83.2. The number of nitrogens with zero attached hydrogens (tertiary/aromatic N) is 15. The molecule has 5 amide bonds. The third-order valence-corrected chi connectivity index (χ3v) is 27.9. The molecule has 5 saturated heterocycles. The average Bonchev–Trinajstić information content (AvgIpc) is 1.70. The minimum atomic E-state index is -4.62. The molecule has 0 radical (unpaired) electrons. The van der Waals surface area contributed by atoms with Gasteiger partial charge in [0.25, 0.3) is 29.5 Å². The maximum atomic E-state index is 14.4. The molecule has 10 aromatic rings. The van der Waals surface area contributed by atoms with Crippen molar-refractivity contribution in [3.63, 3.8) is 0 Å². The molecule has 10 heterocycles. The van der Waals surface area contributed by atoms with Gasteiger partial charge in [-0.1, -0.05) is 177 Å². The Bertz CT molecular complexity index is 5740. The number of nitrogens with one attached hydrogen (secondary N) is 5. The van der Waals surface area contributed by atoms with Crippen LogP contribution in [0.3, 0.4) is 0 Å². The Hall–Kier alpha value is -10.7. The molecule has 148 heavy (non-hydrogen) atoms. The number of hydrogen-bond acceptors (Lipinski definition) is 15. The Labute approximate surface area is 869 Å². The molecular formula is C103H126Cl4F16N20O5. The first kappa shape index (κ1) is 118. The van der Waals surface area contributed by atoms with E-state index < -0.39 is 94.7 Å².